The molecule has 1 aliphatic rings. The molecule has 1 amide bonds. The van der Waals surface area contributed by atoms with E-state index in [2.05, 4.69) is 38.6 Å². The Morgan fingerprint density at radius 3 is 2.96 bits per heavy atom. The molecule has 7 heteroatoms. The lowest BCUT2D eigenvalue weighted by atomic mass is 10.1. The van der Waals surface area contributed by atoms with E-state index in [0.29, 0.717) is 10.7 Å². The molecular weight excluding hydrogens is 370 g/mol. The SMILES string of the molecule is Cc1nn(C)c2ncc(C(=O)Nc3nc(-c4ccc5c(c4)CCC5)cs3)cc12. The Hall–Kier alpha value is -3.06. The number of carbonyl (C=O) groups excluding carboxylic acids is 1. The average Bonchev–Trinajstić information content (AvgIpc) is 3.41. The van der Waals surface area contributed by atoms with Crippen LogP contribution in [0.1, 0.15) is 33.6 Å². The highest BCUT2D eigenvalue weighted by Gasteiger charge is 2.15. The van der Waals surface area contributed by atoms with Gasteiger partial charge in [0.15, 0.2) is 10.8 Å². The summed E-state index contributed by atoms with van der Waals surface area (Å²) in [5.74, 6) is -0.215. The molecule has 0 unspecified atom stereocenters. The molecule has 0 saturated heterocycles. The first-order valence-electron chi connectivity index (χ1n) is 9.27. The second kappa shape index (κ2) is 6.53. The topological polar surface area (TPSA) is 72.7 Å². The first-order chi connectivity index (χ1) is 13.6. The van der Waals surface area contributed by atoms with Crippen molar-refractivity contribution >= 4 is 33.4 Å². The van der Waals surface area contributed by atoms with Gasteiger partial charge in [-0.05, 0) is 49.4 Å². The molecule has 0 fully saturated rings. The lowest BCUT2D eigenvalue weighted by molar-refractivity contribution is 0.102. The molecule has 3 heterocycles. The van der Waals surface area contributed by atoms with E-state index < -0.39 is 0 Å². The van der Waals surface area contributed by atoms with Crippen LogP contribution >= 0.6 is 11.3 Å². The standard InChI is InChI=1S/C21H19N5OS/c1-12-17-9-16(10-22-19(17)26(2)25-12)20(27)24-21-23-18(11-28-21)15-7-6-13-4-3-5-14(13)8-15/h6-11H,3-5H2,1-2H3,(H,23,24,27). The summed E-state index contributed by atoms with van der Waals surface area (Å²) in [7, 11) is 1.85. The number of benzene rings is 1. The molecule has 0 aliphatic heterocycles. The first kappa shape index (κ1) is 17.1. The van der Waals surface area contributed by atoms with E-state index >= 15 is 0 Å². The van der Waals surface area contributed by atoms with E-state index in [1.807, 2.05) is 25.4 Å². The molecule has 3 aromatic heterocycles. The minimum Gasteiger partial charge on any atom is -0.298 e. The zero-order chi connectivity index (χ0) is 19.3. The summed E-state index contributed by atoms with van der Waals surface area (Å²) in [6.07, 6.45) is 5.11. The van der Waals surface area contributed by atoms with Crippen molar-refractivity contribution in [3.63, 3.8) is 0 Å². The van der Waals surface area contributed by atoms with Crippen molar-refractivity contribution in [1.29, 1.82) is 0 Å². The number of anilines is 1. The Labute approximate surface area is 166 Å². The van der Waals surface area contributed by atoms with Gasteiger partial charge in [0.05, 0.1) is 17.0 Å². The zero-order valence-corrected chi connectivity index (χ0v) is 16.5. The van der Waals surface area contributed by atoms with Crippen LogP contribution in [0.25, 0.3) is 22.3 Å². The van der Waals surface area contributed by atoms with Crippen molar-refractivity contribution in [2.45, 2.75) is 26.2 Å². The van der Waals surface area contributed by atoms with Crippen molar-refractivity contribution in [3.05, 3.63) is 58.2 Å². The Balaban J connectivity index is 1.38. The number of fused-ring (bicyclic) bond motifs is 2. The van der Waals surface area contributed by atoms with Gasteiger partial charge in [-0.15, -0.1) is 11.3 Å². The van der Waals surface area contributed by atoms with Crippen LogP contribution in [0.2, 0.25) is 0 Å². The largest absolute Gasteiger partial charge is 0.298 e. The molecule has 0 bridgehead atoms. The predicted octanol–water partition coefficient (Wildman–Crippen LogP) is 4.14. The smallest absolute Gasteiger partial charge is 0.259 e. The molecule has 140 valence electrons. The number of aromatic nitrogens is 4. The van der Waals surface area contributed by atoms with E-state index in [9.17, 15) is 4.79 Å². The number of hydrogen-bond acceptors (Lipinski definition) is 5. The number of hydrogen-bond donors (Lipinski definition) is 1. The molecule has 6 nitrogen and oxygen atoms in total. The molecule has 4 aromatic rings. The van der Waals surface area contributed by atoms with Crippen LogP contribution in [0.5, 0.6) is 0 Å². The quantitative estimate of drug-likeness (QED) is 0.571. The van der Waals surface area contributed by atoms with Gasteiger partial charge in [-0.2, -0.15) is 5.10 Å². The molecule has 28 heavy (non-hydrogen) atoms. The monoisotopic (exact) mass is 389 g/mol. The Kier molecular flexibility index (Phi) is 3.98. The Morgan fingerprint density at radius 2 is 2.07 bits per heavy atom. The molecule has 1 aliphatic carbocycles. The highest BCUT2D eigenvalue weighted by molar-refractivity contribution is 7.14. The van der Waals surface area contributed by atoms with Gasteiger partial charge in [0.2, 0.25) is 0 Å². The number of aryl methyl sites for hydroxylation is 4. The third-order valence-corrected chi connectivity index (χ3v) is 6.00. The lowest BCUT2D eigenvalue weighted by Crippen LogP contribution is -2.12. The summed E-state index contributed by atoms with van der Waals surface area (Å²) in [4.78, 5) is 21.6. The predicted molar refractivity (Wildman–Crippen MR) is 111 cm³/mol. The van der Waals surface area contributed by atoms with E-state index in [1.165, 1.54) is 35.3 Å². The summed E-state index contributed by atoms with van der Waals surface area (Å²) in [6, 6.07) is 8.38. The van der Waals surface area contributed by atoms with Gasteiger partial charge in [0.25, 0.3) is 5.91 Å². The van der Waals surface area contributed by atoms with Crippen molar-refractivity contribution in [2.24, 2.45) is 7.05 Å². The molecule has 0 spiro atoms. The van der Waals surface area contributed by atoms with Crippen LogP contribution in [0, 0.1) is 6.92 Å². The molecular formula is C21H19N5OS. The highest BCUT2D eigenvalue weighted by Crippen LogP contribution is 2.30. The van der Waals surface area contributed by atoms with Gasteiger partial charge >= 0.3 is 0 Å². The summed E-state index contributed by atoms with van der Waals surface area (Å²) < 4.78 is 1.72. The van der Waals surface area contributed by atoms with E-state index in [1.54, 1.807) is 10.9 Å². The molecule has 0 saturated carbocycles. The molecule has 0 atom stereocenters. The van der Waals surface area contributed by atoms with Crippen LogP contribution in [-0.2, 0) is 19.9 Å². The summed E-state index contributed by atoms with van der Waals surface area (Å²) >= 11 is 1.43. The van der Waals surface area contributed by atoms with Gasteiger partial charge in [0, 0.05) is 29.6 Å². The van der Waals surface area contributed by atoms with Crippen LogP contribution in [0.3, 0.4) is 0 Å². The number of amides is 1. The first-order valence-corrected chi connectivity index (χ1v) is 10.1. The number of thiazole rings is 1. The maximum absolute atomic E-state index is 12.7. The maximum atomic E-state index is 12.7. The minimum atomic E-state index is -0.215. The van der Waals surface area contributed by atoms with Gasteiger partial charge in [-0.25, -0.2) is 9.97 Å². The Bertz CT molecular complexity index is 1220. The van der Waals surface area contributed by atoms with Crippen molar-refractivity contribution < 1.29 is 4.79 Å². The molecule has 0 radical (unpaired) electrons. The maximum Gasteiger partial charge on any atom is 0.259 e. The summed E-state index contributed by atoms with van der Waals surface area (Å²) in [5, 5.41) is 10.7. The minimum absolute atomic E-state index is 0.215. The van der Waals surface area contributed by atoms with Gasteiger partial charge < -0.3 is 0 Å². The fourth-order valence-corrected chi connectivity index (χ4v) is 4.51. The fraction of sp³-hybridized carbons (Fsp3) is 0.238. The number of pyridine rings is 1. The number of nitrogens with zero attached hydrogens (tertiary/aromatic N) is 4. The number of rotatable bonds is 3. The third kappa shape index (κ3) is 2.88. The second-order valence-electron chi connectivity index (χ2n) is 7.13. The van der Waals surface area contributed by atoms with Crippen molar-refractivity contribution in [1.82, 2.24) is 19.7 Å². The summed E-state index contributed by atoms with van der Waals surface area (Å²) in [6.45, 7) is 1.91. The lowest BCUT2D eigenvalue weighted by Gasteiger charge is -2.03. The van der Waals surface area contributed by atoms with E-state index in [0.717, 1.165) is 34.4 Å². The van der Waals surface area contributed by atoms with Gasteiger partial charge in [-0.1, -0.05) is 12.1 Å². The van der Waals surface area contributed by atoms with Crippen molar-refractivity contribution in [2.75, 3.05) is 5.32 Å². The molecule has 1 aromatic carbocycles. The van der Waals surface area contributed by atoms with Crippen LogP contribution < -0.4 is 5.32 Å². The molecule has 1 N–H and O–H groups in total. The Morgan fingerprint density at radius 1 is 1.21 bits per heavy atom. The third-order valence-electron chi connectivity index (χ3n) is 5.24. The van der Waals surface area contributed by atoms with Gasteiger partial charge in [-0.3, -0.25) is 14.8 Å². The number of nitrogens with one attached hydrogen (secondary N) is 1. The fourth-order valence-electron chi connectivity index (χ4n) is 3.80. The normalized spacial score (nSPS) is 13.1. The highest BCUT2D eigenvalue weighted by atomic mass is 32.1. The van der Waals surface area contributed by atoms with E-state index in [4.69, 9.17) is 0 Å². The van der Waals surface area contributed by atoms with Crippen molar-refractivity contribution in [3.8, 4) is 11.3 Å². The molecule has 5 rings (SSSR count). The average molecular weight is 389 g/mol. The van der Waals surface area contributed by atoms with Crippen LogP contribution in [0.4, 0.5) is 5.13 Å². The zero-order valence-electron chi connectivity index (χ0n) is 15.7. The van der Waals surface area contributed by atoms with Crippen LogP contribution in [0.15, 0.2) is 35.8 Å². The van der Waals surface area contributed by atoms with Crippen LogP contribution in [-0.4, -0.2) is 25.7 Å². The van der Waals surface area contributed by atoms with E-state index in [-0.39, 0.29) is 5.91 Å². The number of carbonyl (C=O) groups is 1. The second-order valence-corrected chi connectivity index (χ2v) is 7.99. The summed E-state index contributed by atoms with van der Waals surface area (Å²) in [5.41, 5.74) is 6.98. The van der Waals surface area contributed by atoms with Gasteiger partial charge in [0.1, 0.15) is 0 Å².